The van der Waals surface area contributed by atoms with Crippen LogP contribution in [0.15, 0.2) is 0 Å². The van der Waals surface area contributed by atoms with E-state index < -0.39 is 12.0 Å². The zero-order chi connectivity index (χ0) is 11.6. The van der Waals surface area contributed by atoms with E-state index in [2.05, 4.69) is 10.2 Å². The van der Waals surface area contributed by atoms with Crippen LogP contribution in [0, 0.1) is 19.8 Å². The van der Waals surface area contributed by atoms with E-state index in [1.54, 1.807) is 18.4 Å². The second-order valence-electron chi connectivity index (χ2n) is 4.15. The molecule has 5 heteroatoms. The molecule has 1 N–H and O–H groups in total. The minimum atomic E-state index is -0.824. The van der Waals surface area contributed by atoms with E-state index in [0.29, 0.717) is 24.0 Å². The smallest absolute Gasteiger partial charge is 0.326 e. The third-order valence-corrected chi connectivity index (χ3v) is 2.33. The molecule has 1 unspecified atom stereocenters. The molecule has 0 amide bonds. The Kier molecular flexibility index (Phi) is 3.44. The first-order valence-electron chi connectivity index (χ1n) is 5.04. The number of aliphatic carboxylic acids is 1. The van der Waals surface area contributed by atoms with Crippen LogP contribution >= 0.6 is 0 Å². The van der Waals surface area contributed by atoms with Crippen molar-refractivity contribution in [1.82, 2.24) is 14.8 Å². The van der Waals surface area contributed by atoms with E-state index in [1.165, 1.54) is 0 Å². The minimum Gasteiger partial charge on any atom is -0.480 e. The van der Waals surface area contributed by atoms with Gasteiger partial charge in [0.25, 0.3) is 0 Å². The summed E-state index contributed by atoms with van der Waals surface area (Å²) in [6.45, 7) is 7.56. The Balaban J connectivity index is 3.04. The summed E-state index contributed by atoms with van der Waals surface area (Å²) >= 11 is 0. The first-order chi connectivity index (χ1) is 6.93. The van der Waals surface area contributed by atoms with Crippen LogP contribution in [0.25, 0.3) is 0 Å². The van der Waals surface area contributed by atoms with Crippen LogP contribution in [0.5, 0.6) is 0 Å². The molecule has 5 nitrogen and oxygen atoms in total. The number of carboxylic acids is 1. The number of aryl methyl sites for hydroxylation is 2. The molecule has 1 heterocycles. The molecule has 0 radical (unpaired) electrons. The molecule has 0 fully saturated rings. The van der Waals surface area contributed by atoms with Crippen molar-refractivity contribution in [2.24, 2.45) is 5.92 Å². The molecule has 1 atom stereocenters. The van der Waals surface area contributed by atoms with Gasteiger partial charge < -0.3 is 9.67 Å². The molecule has 0 spiro atoms. The third kappa shape index (κ3) is 2.55. The number of carboxylic acid groups (broad SMARTS) is 1. The van der Waals surface area contributed by atoms with Gasteiger partial charge in [-0.1, -0.05) is 13.8 Å². The molecule has 0 aliphatic rings. The topological polar surface area (TPSA) is 68.0 Å². The van der Waals surface area contributed by atoms with Crippen LogP contribution < -0.4 is 0 Å². The molecule has 0 bridgehead atoms. The lowest BCUT2D eigenvalue weighted by atomic mass is 10.0. The molecule has 15 heavy (non-hydrogen) atoms. The van der Waals surface area contributed by atoms with Crippen molar-refractivity contribution in [1.29, 1.82) is 0 Å². The first-order valence-corrected chi connectivity index (χ1v) is 5.04. The summed E-state index contributed by atoms with van der Waals surface area (Å²) in [6, 6.07) is -0.556. The zero-order valence-corrected chi connectivity index (χ0v) is 9.56. The standard InChI is InChI=1S/C10H17N3O2/c1-6(2)5-9(10(14)15)13-7(3)11-12-8(13)4/h6,9H,5H2,1-4H3,(H,14,15). The highest BCUT2D eigenvalue weighted by atomic mass is 16.4. The van der Waals surface area contributed by atoms with Gasteiger partial charge in [0.15, 0.2) is 0 Å². The Morgan fingerprint density at radius 1 is 1.33 bits per heavy atom. The highest BCUT2D eigenvalue weighted by Crippen LogP contribution is 2.20. The van der Waals surface area contributed by atoms with Gasteiger partial charge in [0.05, 0.1) is 0 Å². The van der Waals surface area contributed by atoms with Crippen molar-refractivity contribution < 1.29 is 9.90 Å². The summed E-state index contributed by atoms with van der Waals surface area (Å²) in [7, 11) is 0. The van der Waals surface area contributed by atoms with Gasteiger partial charge in [0.2, 0.25) is 0 Å². The Morgan fingerprint density at radius 2 is 1.80 bits per heavy atom. The van der Waals surface area contributed by atoms with Crippen molar-refractivity contribution >= 4 is 5.97 Å². The predicted molar refractivity (Wildman–Crippen MR) is 55.6 cm³/mol. The number of hydrogen-bond donors (Lipinski definition) is 1. The van der Waals surface area contributed by atoms with Gasteiger partial charge in [-0.25, -0.2) is 4.79 Å². The van der Waals surface area contributed by atoms with E-state index in [4.69, 9.17) is 5.11 Å². The van der Waals surface area contributed by atoms with Gasteiger partial charge in [-0.05, 0) is 26.2 Å². The van der Waals surface area contributed by atoms with Gasteiger partial charge in [-0.3, -0.25) is 0 Å². The highest BCUT2D eigenvalue weighted by Gasteiger charge is 2.24. The van der Waals surface area contributed by atoms with Gasteiger partial charge in [-0.2, -0.15) is 0 Å². The molecule has 0 saturated carbocycles. The summed E-state index contributed by atoms with van der Waals surface area (Å²) in [5.74, 6) is 0.808. The molecule has 0 aromatic carbocycles. The third-order valence-electron chi connectivity index (χ3n) is 2.33. The van der Waals surface area contributed by atoms with Crippen LogP contribution in [0.4, 0.5) is 0 Å². The van der Waals surface area contributed by atoms with Gasteiger partial charge in [0, 0.05) is 0 Å². The largest absolute Gasteiger partial charge is 0.480 e. The minimum absolute atomic E-state index is 0.326. The average molecular weight is 211 g/mol. The van der Waals surface area contributed by atoms with Crippen LogP contribution in [0.3, 0.4) is 0 Å². The fourth-order valence-corrected chi connectivity index (χ4v) is 1.69. The Morgan fingerprint density at radius 3 is 2.13 bits per heavy atom. The highest BCUT2D eigenvalue weighted by molar-refractivity contribution is 5.72. The fraction of sp³-hybridized carbons (Fsp3) is 0.700. The maximum atomic E-state index is 11.2. The van der Waals surface area contributed by atoms with Crippen molar-refractivity contribution in [3.63, 3.8) is 0 Å². The fourth-order valence-electron chi connectivity index (χ4n) is 1.69. The molecular formula is C10H17N3O2. The molecular weight excluding hydrogens is 194 g/mol. The lowest BCUT2D eigenvalue weighted by Gasteiger charge is -2.18. The first kappa shape index (κ1) is 11.7. The lowest BCUT2D eigenvalue weighted by molar-refractivity contribution is -0.141. The monoisotopic (exact) mass is 211 g/mol. The second-order valence-corrected chi connectivity index (χ2v) is 4.15. The Labute approximate surface area is 89.1 Å². The number of nitrogens with zero attached hydrogens (tertiary/aromatic N) is 3. The van der Waals surface area contributed by atoms with Crippen molar-refractivity contribution in [2.45, 2.75) is 40.2 Å². The molecule has 1 aromatic heterocycles. The van der Waals surface area contributed by atoms with Crippen LogP contribution in [-0.4, -0.2) is 25.8 Å². The molecule has 1 aromatic rings. The van der Waals surface area contributed by atoms with Crippen molar-refractivity contribution in [2.75, 3.05) is 0 Å². The second kappa shape index (κ2) is 4.42. The molecule has 0 saturated heterocycles. The number of aromatic nitrogens is 3. The Bertz CT molecular complexity index is 338. The maximum absolute atomic E-state index is 11.2. The van der Waals surface area contributed by atoms with E-state index in [-0.39, 0.29) is 0 Å². The van der Waals surface area contributed by atoms with Gasteiger partial charge in [0.1, 0.15) is 17.7 Å². The average Bonchev–Trinajstić information content (AvgIpc) is 2.42. The van der Waals surface area contributed by atoms with Gasteiger partial charge >= 0.3 is 5.97 Å². The zero-order valence-electron chi connectivity index (χ0n) is 9.56. The normalized spacial score (nSPS) is 13.1. The summed E-state index contributed by atoms with van der Waals surface area (Å²) in [5, 5.41) is 16.9. The van der Waals surface area contributed by atoms with Crippen LogP contribution in [0.2, 0.25) is 0 Å². The summed E-state index contributed by atoms with van der Waals surface area (Å²) in [5.41, 5.74) is 0. The summed E-state index contributed by atoms with van der Waals surface area (Å²) in [6.07, 6.45) is 0.592. The summed E-state index contributed by atoms with van der Waals surface area (Å²) < 4.78 is 1.68. The maximum Gasteiger partial charge on any atom is 0.326 e. The molecule has 84 valence electrons. The van der Waals surface area contributed by atoms with Gasteiger partial charge in [-0.15, -0.1) is 10.2 Å². The van der Waals surface area contributed by atoms with Crippen LogP contribution in [-0.2, 0) is 4.79 Å². The number of carbonyl (C=O) groups is 1. The van der Waals surface area contributed by atoms with Crippen molar-refractivity contribution in [3.8, 4) is 0 Å². The van der Waals surface area contributed by atoms with E-state index in [9.17, 15) is 4.79 Å². The quantitative estimate of drug-likeness (QED) is 0.820. The number of rotatable bonds is 4. The predicted octanol–water partition coefficient (Wildman–Crippen LogP) is 1.57. The number of hydrogen-bond acceptors (Lipinski definition) is 3. The summed E-state index contributed by atoms with van der Waals surface area (Å²) in [4.78, 5) is 11.2. The van der Waals surface area contributed by atoms with E-state index in [1.807, 2.05) is 13.8 Å². The van der Waals surface area contributed by atoms with E-state index >= 15 is 0 Å². The lowest BCUT2D eigenvalue weighted by Crippen LogP contribution is -2.23. The van der Waals surface area contributed by atoms with E-state index in [0.717, 1.165) is 0 Å². The van der Waals surface area contributed by atoms with Crippen LogP contribution in [0.1, 0.15) is 38.0 Å². The molecule has 0 aliphatic carbocycles. The molecule has 0 aliphatic heterocycles. The molecule has 1 rings (SSSR count). The van der Waals surface area contributed by atoms with Crippen molar-refractivity contribution in [3.05, 3.63) is 11.6 Å². The SMILES string of the molecule is Cc1nnc(C)n1C(CC(C)C)C(=O)O. The Hall–Kier alpha value is -1.39.